The summed E-state index contributed by atoms with van der Waals surface area (Å²) in [5, 5.41) is 2.68. The van der Waals surface area contributed by atoms with Crippen LogP contribution in [-0.2, 0) is 27.7 Å². The van der Waals surface area contributed by atoms with E-state index >= 15 is 4.39 Å². The smallest absolute Gasteiger partial charge is 0.383 e. The Labute approximate surface area is 276 Å². The summed E-state index contributed by atoms with van der Waals surface area (Å²) in [6.45, 7) is 2.93. The van der Waals surface area contributed by atoms with E-state index in [1.165, 1.54) is 19.2 Å². The molecule has 3 N–H and O–H groups in total. The van der Waals surface area contributed by atoms with Gasteiger partial charge in [0.15, 0.2) is 11.9 Å². The van der Waals surface area contributed by atoms with E-state index in [1.54, 1.807) is 0 Å². The van der Waals surface area contributed by atoms with Crippen molar-refractivity contribution in [3.63, 3.8) is 0 Å². The molecule has 1 aromatic heterocycles. The summed E-state index contributed by atoms with van der Waals surface area (Å²) in [7, 11) is -4.14. The number of halogens is 1. The number of amides is 1. The molecule has 0 saturated carbocycles. The number of nitrogen functional groups attached to an aromatic ring is 1. The van der Waals surface area contributed by atoms with Crippen LogP contribution in [0.1, 0.15) is 71.4 Å². The first kappa shape index (κ1) is 38.0. The number of phosphoric acid groups is 1. The molecule has 2 aliphatic heterocycles. The highest BCUT2D eigenvalue weighted by atomic mass is 31.2. The topological polar surface area (TPSA) is 144 Å². The number of nitrogens with one attached hydrogen (secondary N) is 1. The standard InChI is InChI=1S/C34H48FN4O7P/c1-3-4-5-6-7-8-9-10-11-12-13-14-15-16-17-18-19-20-21-22-30(40)37-24-26-43-47(42)44-27-28-31(46-47)34(2,35)32(45-28)39-25-23-29(36)38-33(39)41/h4-5,7-8,10-11,13-14,16-17,19-20,23,25,28,31-32H,3,6,9,12,15,18,21-22,24,26-27H2,1-2H3,(H,37,40)(H2,36,38,41)/b5-4-,8-7-,11-10-,14-13-,17-16-,20-19-/t28-,31-,32-,34-,47?/m1/s1. The van der Waals surface area contributed by atoms with Crippen molar-refractivity contribution in [2.75, 3.05) is 25.5 Å². The molecule has 0 spiro atoms. The van der Waals surface area contributed by atoms with Crippen LogP contribution in [0.4, 0.5) is 10.2 Å². The summed E-state index contributed by atoms with van der Waals surface area (Å²) in [5.41, 5.74) is 2.46. The molecule has 0 aromatic carbocycles. The summed E-state index contributed by atoms with van der Waals surface area (Å²) < 4.78 is 51.4. The minimum Gasteiger partial charge on any atom is -0.383 e. The molecule has 0 aliphatic carbocycles. The lowest BCUT2D eigenvalue weighted by Gasteiger charge is -2.33. The Morgan fingerprint density at radius 1 is 1.06 bits per heavy atom. The van der Waals surface area contributed by atoms with Gasteiger partial charge < -0.3 is 15.8 Å². The van der Waals surface area contributed by atoms with Gasteiger partial charge >= 0.3 is 13.5 Å². The highest BCUT2D eigenvalue weighted by molar-refractivity contribution is 7.48. The third-order valence-corrected chi connectivity index (χ3v) is 8.68. The fourth-order valence-electron chi connectivity index (χ4n) is 4.81. The summed E-state index contributed by atoms with van der Waals surface area (Å²) in [5.74, 6) is -0.205. The van der Waals surface area contributed by atoms with Crippen LogP contribution >= 0.6 is 7.82 Å². The van der Waals surface area contributed by atoms with Crippen molar-refractivity contribution in [3.05, 3.63) is 95.7 Å². The van der Waals surface area contributed by atoms with E-state index in [0.29, 0.717) is 6.42 Å². The molecular weight excluding hydrogens is 626 g/mol. The van der Waals surface area contributed by atoms with E-state index in [9.17, 15) is 14.2 Å². The SMILES string of the molecule is CC/C=C\C/C=C\C/C=C\C/C=C\C/C=C\C/C=C\CCC(=O)NCCOP1(=O)OC[C@H]2O[C@@H](n3ccc(N)nc3=O)[C@](C)(F)[C@@H]2O1. The predicted octanol–water partition coefficient (Wildman–Crippen LogP) is 6.59. The zero-order valence-corrected chi connectivity index (χ0v) is 28.1. The first-order valence-corrected chi connectivity index (χ1v) is 17.6. The van der Waals surface area contributed by atoms with Crippen molar-refractivity contribution in [1.82, 2.24) is 14.9 Å². The van der Waals surface area contributed by atoms with Crippen LogP contribution in [0.15, 0.2) is 90.0 Å². The van der Waals surface area contributed by atoms with Crippen molar-refractivity contribution in [3.8, 4) is 0 Å². The number of fused-ring (bicyclic) bond motifs is 1. The first-order chi connectivity index (χ1) is 22.7. The summed E-state index contributed by atoms with van der Waals surface area (Å²) >= 11 is 0. The van der Waals surface area contributed by atoms with Crippen LogP contribution in [0.25, 0.3) is 0 Å². The highest BCUT2D eigenvalue weighted by Gasteiger charge is 2.61. The summed E-state index contributed by atoms with van der Waals surface area (Å²) in [4.78, 5) is 28.0. The van der Waals surface area contributed by atoms with Crippen molar-refractivity contribution in [2.45, 2.75) is 89.3 Å². The molecule has 47 heavy (non-hydrogen) atoms. The molecule has 0 bridgehead atoms. The Morgan fingerprint density at radius 3 is 2.21 bits per heavy atom. The van der Waals surface area contributed by atoms with Crippen LogP contribution < -0.4 is 16.7 Å². The Kier molecular flexibility index (Phi) is 16.2. The lowest BCUT2D eigenvalue weighted by Crippen LogP contribution is -2.46. The van der Waals surface area contributed by atoms with Gasteiger partial charge in [0, 0.05) is 19.2 Å². The molecule has 3 rings (SSSR count). The maximum Gasteiger partial charge on any atom is 0.475 e. The molecule has 5 atom stereocenters. The van der Waals surface area contributed by atoms with Crippen LogP contribution in [0.5, 0.6) is 0 Å². The highest BCUT2D eigenvalue weighted by Crippen LogP contribution is 2.59. The number of carbonyl (C=O) groups excluding carboxylic acids is 1. The number of aromatic nitrogens is 2. The van der Waals surface area contributed by atoms with E-state index in [0.717, 1.165) is 43.1 Å². The second-order valence-corrected chi connectivity index (χ2v) is 12.7. The van der Waals surface area contributed by atoms with E-state index in [-0.39, 0.29) is 37.9 Å². The quantitative estimate of drug-likeness (QED) is 0.0944. The number of alkyl halides is 1. The van der Waals surface area contributed by atoms with Crippen molar-refractivity contribution in [1.29, 1.82) is 0 Å². The number of nitrogens with zero attached hydrogens (tertiary/aromatic N) is 2. The number of anilines is 1. The van der Waals surface area contributed by atoms with E-state index in [4.69, 9.17) is 24.0 Å². The second-order valence-electron chi connectivity index (χ2n) is 11.1. The number of carbonyl (C=O) groups is 1. The maximum absolute atomic E-state index is 15.8. The van der Waals surface area contributed by atoms with Gasteiger partial charge in [0.05, 0.1) is 13.2 Å². The predicted molar refractivity (Wildman–Crippen MR) is 181 cm³/mol. The van der Waals surface area contributed by atoms with Gasteiger partial charge in [-0.2, -0.15) is 4.98 Å². The molecule has 3 heterocycles. The minimum atomic E-state index is -4.14. The lowest BCUT2D eigenvalue weighted by molar-refractivity contribution is -0.121. The Bertz CT molecular complexity index is 1420. The summed E-state index contributed by atoms with van der Waals surface area (Å²) in [6, 6.07) is 1.34. The molecule has 2 aliphatic rings. The Hall–Kier alpha value is -3.41. The van der Waals surface area contributed by atoms with Crippen molar-refractivity contribution in [2.24, 2.45) is 0 Å². The van der Waals surface area contributed by atoms with Crippen LogP contribution in [0, 0.1) is 0 Å². The maximum atomic E-state index is 15.8. The molecule has 1 unspecified atom stereocenters. The number of allylic oxidation sites excluding steroid dienone is 12. The van der Waals surface area contributed by atoms with Crippen LogP contribution in [-0.4, -0.2) is 53.1 Å². The van der Waals surface area contributed by atoms with Crippen LogP contribution in [0.3, 0.4) is 0 Å². The average molecular weight is 675 g/mol. The monoisotopic (exact) mass is 674 g/mol. The molecule has 2 fully saturated rings. The molecule has 13 heteroatoms. The van der Waals surface area contributed by atoms with E-state index in [2.05, 4.69) is 78.0 Å². The normalized spacial score (nSPS) is 26.6. The van der Waals surface area contributed by atoms with Gasteiger partial charge in [0.25, 0.3) is 0 Å². The Morgan fingerprint density at radius 2 is 1.64 bits per heavy atom. The van der Waals surface area contributed by atoms with Gasteiger partial charge in [-0.25, -0.2) is 13.8 Å². The fourth-order valence-corrected chi connectivity index (χ4v) is 6.27. The zero-order chi connectivity index (χ0) is 34.0. The summed E-state index contributed by atoms with van der Waals surface area (Å²) in [6.07, 6.45) is 29.7. The molecule has 2 saturated heterocycles. The molecule has 258 valence electrons. The van der Waals surface area contributed by atoms with Crippen molar-refractivity contribution >= 4 is 19.5 Å². The van der Waals surface area contributed by atoms with Gasteiger partial charge in [-0.15, -0.1) is 0 Å². The molecule has 0 radical (unpaired) electrons. The number of hydrogen-bond acceptors (Lipinski definition) is 9. The zero-order valence-electron chi connectivity index (χ0n) is 27.2. The molecular formula is C34H48FN4O7P. The lowest BCUT2D eigenvalue weighted by atomic mass is 9.98. The minimum absolute atomic E-state index is 0.0134. The van der Waals surface area contributed by atoms with Gasteiger partial charge in [-0.1, -0.05) is 79.8 Å². The van der Waals surface area contributed by atoms with Gasteiger partial charge in [0.1, 0.15) is 18.0 Å². The molecule has 1 aromatic rings. The van der Waals surface area contributed by atoms with E-state index < -0.39 is 37.6 Å². The largest absolute Gasteiger partial charge is 0.475 e. The van der Waals surface area contributed by atoms with Crippen LogP contribution in [0.2, 0.25) is 0 Å². The van der Waals surface area contributed by atoms with Gasteiger partial charge in [-0.3, -0.25) is 22.9 Å². The number of rotatable bonds is 19. The van der Waals surface area contributed by atoms with Crippen molar-refractivity contribution < 1.29 is 32.1 Å². The average Bonchev–Trinajstić information content (AvgIpc) is 3.29. The number of phosphoric ester groups is 1. The Balaban J connectivity index is 1.24. The number of hydrogen-bond donors (Lipinski definition) is 2. The van der Waals surface area contributed by atoms with Gasteiger partial charge in [-0.05, 0) is 57.9 Å². The third-order valence-electron chi connectivity index (χ3n) is 7.23. The second kappa shape index (κ2) is 20.1. The molecule has 11 nitrogen and oxygen atoms in total. The fraction of sp³-hybridized carbons (Fsp3) is 0.500. The van der Waals surface area contributed by atoms with E-state index in [1.807, 2.05) is 12.2 Å². The number of ether oxygens (including phenoxy) is 1. The third kappa shape index (κ3) is 13.0. The number of nitrogens with two attached hydrogens (primary N) is 1. The molecule has 1 amide bonds. The van der Waals surface area contributed by atoms with Gasteiger partial charge in [0.2, 0.25) is 5.91 Å². The first-order valence-electron chi connectivity index (χ1n) is 16.1.